The van der Waals surface area contributed by atoms with Gasteiger partial charge in [0.2, 0.25) is 5.82 Å². The van der Waals surface area contributed by atoms with Crippen LogP contribution in [-0.2, 0) is 0 Å². The van der Waals surface area contributed by atoms with Crippen LogP contribution in [0.25, 0.3) is 16.8 Å². The molecule has 0 aliphatic carbocycles. The monoisotopic (exact) mass is 460 g/mol. The van der Waals surface area contributed by atoms with E-state index < -0.39 is 6.23 Å². The Morgan fingerprint density at radius 1 is 0.971 bits per heavy atom. The summed E-state index contributed by atoms with van der Waals surface area (Å²) in [6, 6.07) is 16.1. The standard InChI is InChI=1S/C26H32N6O2/c1-4-5-6-7-16-34-21-14-10-19(11-15-21)23-17-22(18-8-12-20(13-9-18)32(2)3)24(26(33)27-23)25-28-30-31-29-25/h8-15,17,26-27,33H,4-7,16H2,1-3H3,(H,28,29,30,31). The predicted molar refractivity (Wildman–Crippen MR) is 135 cm³/mol. The van der Waals surface area contributed by atoms with Gasteiger partial charge >= 0.3 is 0 Å². The number of anilines is 1. The first-order chi connectivity index (χ1) is 16.6. The molecule has 0 spiro atoms. The Balaban J connectivity index is 1.62. The normalized spacial score (nSPS) is 15.6. The number of aliphatic hydroxyl groups is 1. The SMILES string of the molecule is CCCCCCOc1ccc(C2=CC(c3ccc(N(C)C)cc3)=C(c3nn[nH]n3)C(O)N2)cc1. The smallest absolute Gasteiger partial charge is 0.205 e. The molecule has 1 aromatic heterocycles. The molecule has 2 aromatic carbocycles. The number of nitrogens with zero attached hydrogens (tertiary/aromatic N) is 4. The number of aromatic nitrogens is 4. The number of aromatic amines is 1. The van der Waals surface area contributed by atoms with Gasteiger partial charge in [0.1, 0.15) is 5.75 Å². The highest BCUT2D eigenvalue weighted by Crippen LogP contribution is 2.35. The van der Waals surface area contributed by atoms with Crippen LogP contribution in [0.5, 0.6) is 5.75 Å². The van der Waals surface area contributed by atoms with Gasteiger partial charge in [-0.25, -0.2) is 0 Å². The summed E-state index contributed by atoms with van der Waals surface area (Å²) >= 11 is 0. The molecule has 0 saturated carbocycles. The van der Waals surface area contributed by atoms with E-state index in [9.17, 15) is 5.11 Å². The summed E-state index contributed by atoms with van der Waals surface area (Å²) in [6.07, 6.45) is 5.74. The average molecular weight is 461 g/mol. The fourth-order valence-corrected chi connectivity index (χ4v) is 3.94. The molecule has 0 amide bonds. The first kappa shape index (κ1) is 23.5. The zero-order valence-electron chi connectivity index (χ0n) is 20.0. The molecule has 1 atom stereocenters. The second-order valence-corrected chi connectivity index (χ2v) is 8.54. The van der Waals surface area contributed by atoms with E-state index in [1.807, 2.05) is 73.6 Å². The van der Waals surface area contributed by atoms with Gasteiger partial charge in [-0.1, -0.05) is 38.3 Å². The van der Waals surface area contributed by atoms with Crippen LogP contribution in [0.15, 0.2) is 54.6 Å². The van der Waals surface area contributed by atoms with Crippen LogP contribution in [0, 0.1) is 0 Å². The molecule has 3 N–H and O–H groups in total. The third-order valence-electron chi connectivity index (χ3n) is 5.86. The van der Waals surface area contributed by atoms with Crippen LogP contribution >= 0.6 is 0 Å². The lowest BCUT2D eigenvalue weighted by molar-refractivity contribution is 0.214. The lowest BCUT2D eigenvalue weighted by Gasteiger charge is -2.26. The minimum atomic E-state index is -0.990. The van der Waals surface area contributed by atoms with Gasteiger partial charge < -0.3 is 20.1 Å². The van der Waals surface area contributed by atoms with Gasteiger partial charge in [0.15, 0.2) is 6.23 Å². The number of hydrogen-bond acceptors (Lipinski definition) is 7. The Hall–Kier alpha value is -3.65. The number of nitrogens with one attached hydrogen (secondary N) is 2. The van der Waals surface area contributed by atoms with Crippen LogP contribution in [-0.4, -0.2) is 52.7 Å². The third-order valence-corrected chi connectivity index (χ3v) is 5.86. The molecule has 2 heterocycles. The summed E-state index contributed by atoms with van der Waals surface area (Å²) in [6.45, 7) is 2.93. The van der Waals surface area contributed by atoms with Crippen molar-refractivity contribution in [3.05, 3.63) is 71.6 Å². The second kappa shape index (κ2) is 11.0. The minimum Gasteiger partial charge on any atom is -0.494 e. The number of tetrazole rings is 1. The van der Waals surface area contributed by atoms with Crippen LogP contribution in [0.1, 0.15) is 49.6 Å². The summed E-state index contributed by atoms with van der Waals surface area (Å²) < 4.78 is 5.87. The summed E-state index contributed by atoms with van der Waals surface area (Å²) in [5.41, 5.74) is 5.21. The van der Waals surface area contributed by atoms with E-state index in [4.69, 9.17) is 4.74 Å². The van der Waals surface area contributed by atoms with Gasteiger partial charge in [-0.15, -0.1) is 10.2 Å². The van der Waals surface area contributed by atoms with Gasteiger partial charge in [0.25, 0.3) is 0 Å². The highest BCUT2D eigenvalue weighted by Gasteiger charge is 2.27. The van der Waals surface area contributed by atoms with Crippen molar-refractivity contribution in [1.29, 1.82) is 0 Å². The topological polar surface area (TPSA) is 99.2 Å². The molecular formula is C26H32N6O2. The lowest BCUT2D eigenvalue weighted by Crippen LogP contribution is -2.32. The quantitative estimate of drug-likeness (QED) is 0.392. The number of aliphatic hydroxyl groups excluding tert-OH is 1. The first-order valence-corrected chi connectivity index (χ1v) is 11.7. The molecule has 0 saturated heterocycles. The van der Waals surface area contributed by atoms with Gasteiger partial charge in [0.05, 0.1) is 12.2 Å². The van der Waals surface area contributed by atoms with E-state index in [1.165, 1.54) is 19.3 Å². The van der Waals surface area contributed by atoms with Crippen LogP contribution in [0.3, 0.4) is 0 Å². The van der Waals surface area contributed by atoms with E-state index in [0.29, 0.717) is 11.4 Å². The Kier molecular flexibility index (Phi) is 7.59. The summed E-state index contributed by atoms with van der Waals surface area (Å²) in [5.74, 6) is 1.20. The van der Waals surface area contributed by atoms with Crippen molar-refractivity contribution in [2.75, 3.05) is 25.6 Å². The fourth-order valence-electron chi connectivity index (χ4n) is 3.94. The first-order valence-electron chi connectivity index (χ1n) is 11.7. The maximum Gasteiger partial charge on any atom is 0.205 e. The number of hydrogen-bond donors (Lipinski definition) is 3. The molecule has 1 unspecified atom stereocenters. The van der Waals surface area contributed by atoms with Crippen molar-refractivity contribution in [2.45, 2.75) is 38.8 Å². The number of allylic oxidation sites excluding steroid dienone is 2. The highest BCUT2D eigenvalue weighted by molar-refractivity contribution is 6.01. The largest absolute Gasteiger partial charge is 0.494 e. The molecule has 178 valence electrons. The molecular weight excluding hydrogens is 428 g/mol. The molecule has 8 heteroatoms. The Morgan fingerprint density at radius 2 is 1.71 bits per heavy atom. The summed E-state index contributed by atoms with van der Waals surface area (Å²) in [4.78, 5) is 2.05. The number of ether oxygens (including phenoxy) is 1. The second-order valence-electron chi connectivity index (χ2n) is 8.54. The van der Waals surface area contributed by atoms with Crippen molar-refractivity contribution in [1.82, 2.24) is 25.9 Å². The number of rotatable bonds is 10. The Labute approximate surface area is 200 Å². The van der Waals surface area contributed by atoms with Gasteiger partial charge in [0, 0.05) is 25.5 Å². The molecule has 4 rings (SSSR count). The highest BCUT2D eigenvalue weighted by atomic mass is 16.5. The van der Waals surface area contributed by atoms with E-state index in [-0.39, 0.29) is 0 Å². The van der Waals surface area contributed by atoms with E-state index in [0.717, 1.165) is 46.9 Å². The minimum absolute atomic E-state index is 0.355. The van der Waals surface area contributed by atoms with Gasteiger partial charge in [-0.2, -0.15) is 5.21 Å². The molecule has 8 nitrogen and oxygen atoms in total. The number of unbranched alkanes of at least 4 members (excludes halogenated alkanes) is 3. The predicted octanol–water partition coefficient (Wildman–Crippen LogP) is 4.10. The van der Waals surface area contributed by atoms with Crippen LogP contribution in [0.4, 0.5) is 5.69 Å². The molecule has 34 heavy (non-hydrogen) atoms. The molecule has 0 radical (unpaired) electrons. The molecule has 1 aliphatic heterocycles. The van der Waals surface area contributed by atoms with Gasteiger partial charge in [-0.05, 0) is 70.8 Å². The van der Waals surface area contributed by atoms with E-state index in [1.54, 1.807) is 0 Å². The Bertz CT molecular complexity index is 1120. The number of dihydropyridines is 1. The summed E-state index contributed by atoms with van der Waals surface area (Å²) in [5, 5.41) is 28.6. The molecule has 0 bridgehead atoms. The van der Waals surface area contributed by atoms with Crippen molar-refractivity contribution < 1.29 is 9.84 Å². The van der Waals surface area contributed by atoms with Crippen LogP contribution < -0.4 is 15.0 Å². The third kappa shape index (κ3) is 5.46. The summed E-state index contributed by atoms with van der Waals surface area (Å²) in [7, 11) is 4.01. The molecule has 1 aliphatic rings. The average Bonchev–Trinajstić information content (AvgIpc) is 3.38. The van der Waals surface area contributed by atoms with Crippen molar-refractivity contribution in [2.24, 2.45) is 0 Å². The van der Waals surface area contributed by atoms with Crippen molar-refractivity contribution in [3.63, 3.8) is 0 Å². The molecule has 0 fully saturated rings. The number of H-pyrrole nitrogens is 1. The fraction of sp³-hybridized carbons (Fsp3) is 0.346. The molecule has 3 aromatic rings. The van der Waals surface area contributed by atoms with Crippen molar-refractivity contribution >= 4 is 22.5 Å². The van der Waals surface area contributed by atoms with Gasteiger partial charge in [-0.3, -0.25) is 0 Å². The number of benzene rings is 2. The van der Waals surface area contributed by atoms with E-state index >= 15 is 0 Å². The maximum absolute atomic E-state index is 11.0. The van der Waals surface area contributed by atoms with Crippen LogP contribution in [0.2, 0.25) is 0 Å². The zero-order valence-corrected chi connectivity index (χ0v) is 20.0. The van der Waals surface area contributed by atoms with E-state index in [2.05, 4.69) is 32.9 Å². The lowest BCUT2D eigenvalue weighted by atomic mass is 9.92. The Morgan fingerprint density at radius 3 is 2.35 bits per heavy atom. The van der Waals surface area contributed by atoms with Crippen molar-refractivity contribution in [3.8, 4) is 5.75 Å². The maximum atomic E-state index is 11.0. The zero-order chi connectivity index (χ0) is 23.9.